The van der Waals surface area contributed by atoms with Crippen molar-refractivity contribution in [2.75, 3.05) is 25.1 Å². The van der Waals surface area contributed by atoms with Crippen molar-refractivity contribution in [3.05, 3.63) is 24.3 Å². The molecule has 0 aliphatic carbocycles. The number of benzene rings is 1. The number of nitrogens with one attached hydrogen (secondary N) is 1. The zero-order valence-corrected chi connectivity index (χ0v) is 8.96. The highest BCUT2D eigenvalue weighted by Crippen LogP contribution is 2.21. The van der Waals surface area contributed by atoms with E-state index in [0.29, 0.717) is 13.2 Å². The monoisotopic (exact) mass is 247 g/mol. The number of hydrogen-bond acceptors (Lipinski definition) is 3. The summed E-state index contributed by atoms with van der Waals surface area (Å²) in [4.78, 5) is 0. The second-order valence-corrected chi connectivity index (χ2v) is 3.81. The van der Waals surface area contributed by atoms with Crippen LogP contribution in [0, 0.1) is 0 Å². The van der Waals surface area contributed by atoms with Crippen molar-refractivity contribution in [1.82, 2.24) is 0 Å². The molecule has 1 saturated heterocycles. The number of hydrogen-bond donors (Lipinski definition) is 1. The predicted octanol–water partition coefficient (Wildman–Crippen LogP) is 2.44. The van der Waals surface area contributed by atoms with Crippen molar-refractivity contribution in [3.8, 4) is 5.75 Å². The minimum absolute atomic E-state index is 0.206. The molecule has 0 unspecified atom stereocenters. The lowest BCUT2D eigenvalue weighted by atomic mass is 10.2. The summed E-state index contributed by atoms with van der Waals surface area (Å²) in [7, 11) is 0. The van der Waals surface area contributed by atoms with Crippen molar-refractivity contribution >= 4 is 5.69 Å². The van der Waals surface area contributed by atoms with Gasteiger partial charge in [0.25, 0.3) is 0 Å². The first-order valence-electron chi connectivity index (χ1n) is 5.17. The fourth-order valence-corrected chi connectivity index (χ4v) is 1.37. The van der Waals surface area contributed by atoms with Gasteiger partial charge in [-0.15, -0.1) is 0 Å². The zero-order valence-electron chi connectivity index (χ0n) is 8.96. The van der Waals surface area contributed by atoms with Gasteiger partial charge in [-0.2, -0.15) is 13.2 Å². The summed E-state index contributed by atoms with van der Waals surface area (Å²) in [5, 5.41) is 3.18. The maximum atomic E-state index is 11.9. The Bertz CT molecular complexity index is 360. The number of ether oxygens (including phenoxy) is 2. The van der Waals surface area contributed by atoms with Crippen molar-refractivity contribution in [2.24, 2.45) is 0 Å². The second-order valence-electron chi connectivity index (χ2n) is 3.81. The first-order valence-corrected chi connectivity index (χ1v) is 5.17. The molecule has 0 radical (unpaired) electrons. The summed E-state index contributed by atoms with van der Waals surface area (Å²) in [6, 6.07) is 6.67. The van der Waals surface area contributed by atoms with E-state index >= 15 is 0 Å². The Morgan fingerprint density at radius 3 is 2.35 bits per heavy atom. The summed E-state index contributed by atoms with van der Waals surface area (Å²) >= 11 is 0. The van der Waals surface area contributed by atoms with Gasteiger partial charge in [0.1, 0.15) is 5.75 Å². The molecule has 3 nitrogen and oxygen atoms in total. The molecule has 0 atom stereocenters. The largest absolute Gasteiger partial charge is 0.484 e. The summed E-state index contributed by atoms with van der Waals surface area (Å²) < 4.78 is 45.3. The van der Waals surface area contributed by atoms with E-state index < -0.39 is 12.8 Å². The van der Waals surface area contributed by atoms with E-state index in [1.807, 2.05) is 0 Å². The quantitative estimate of drug-likeness (QED) is 0.886. The average Bonchev–Trinajstić information content (AvgIpc) is 2.21. The number of halogens is 3. The lowest BCUT2D eigenvalue weighted by molar-refractivity contribution is -0.153. The van der Waals surface area contributed by atoms with Gasteiger partial charge in [-0.05, 0) is 24.3 Å². The third kappa shape index (κ3) is 3.81. The normalized spacial score (nSPS) is 16.4. The Labute approximate surface area is 96.5 Å². The molecule has 6 heteroatoms. The van der Waals surface area contributed by atoms with Gasteiger partial charge in [-0.1, -0.05) is 0 Å². The van der Waals surface area contributed by atoms with Crippen LogP contribution in [0.2, 0.25) is 0 Å². The van der Waals surface area contributed by atoms with Gasteiger partial charge < -0.3 is 14.8 Å². The molecular formula is C11H12F3NO2. The third-order valence-corrected chi connectivity index (χ3v) is 2.27. The lowest BCUT2D eigenvalue weighted by Gasteiger charge is -2.27. The van der Waals surface area contributed by atoms with Crippen LogP contribution in [0.1, 0.15) is 0 Å². The van der Waals surface area contributed by atoms with Gasteiger partial charge in [0.05, 0.1) is 19.3 Å². The molecule has 1 aliphatic heterocycles. The van der Waals surface area contributed by atoms with E-state index in [2.05, 4.69) is 10.1 Å². The number of rotatable bonds is 4. The van der Waals surface area contributed by atoms with Crippen LogP contribution in [0.15, 0.2) is 24.3 Å². The van der Waals surface area contributed by atoms with Gasteiger partial charge in [0.2, 0.25) is 0 Å². The molecule has 0 saturated carbocycles. The molecule has 0 bridgehead atoms. The van der Waals surface area contributed by atoms with Gasteiger partial charge in [-0.25, -0.2) is 0 Å². The van der Waals surface area contributed by atoms with Crippen LogP contribution in [0.25, 0.3) is 0 Å². The van der Waals surface area contributed by atoms with E-state index in [-0.39, 0.29) is 11.8 Å². The fraction of sp³-hybridized carbons (Fsp3) is 0.455. The highest BCUT2D eigenvalue weighted by atomic mass is 19.4. The predicted molar refractivity (Wildman–Crippen MR) is 56.2 cm³/mol. The van der Waals surface area contributed by atoms with Crippen LogP contribution in [0.3, 0.4) is 0 Å². The molecule has 0 amide bonds. The molecule has 0 spiro atoms. The van der Waals surface area contributed by atoms with Crippen LogP contribution >= 0.6 is 0 Å². The van der Waals surface area contributed by atoms with Crippen LogP contribution in [-0.2, 0) is 4.74 Å². The molecule has 17 heavy (non-hydrogen) atoms. The van der Waals surface area contributed by atoms with Crippen molar-refractivity contribution in [2.45, 2.75) is 12.2 Å². The Balaban J connectivity index is 1.84. The number of alkyl halides is 3. The van der Waals surface area contributed by atoms with Crippen molar-refractivity contribution in [3.63, 3.8) is 0 Å². The van der Waals surface area contributed by atoms with Gasteiger partial charge in [-0.3, -0.25) is 0 Å². The lowest BCUT2D eigenvalue weighted by Crippen LogP contribution is -2.40. The maximum Gasteiger partial charge on any atom is 0.422 e. The highest BCUT2D eigenvalue weighted by Gasteiger charge is 2.28. The third-order valence-electron chi connectivity index (χ3n) is 2.27. The van der Waals surface area contributed by atoms with E-state index in [1.165, 1.54) is 12.1 Å². The average molecular weight is 247 g/mol. The Hall–Kier alpha value is -1.43. The summed E-state index contributed by atoms with van der Waals surface area (Å²) in [6.07, 6.45) is -4.31. The Morgan fingerprint density at radius 1 is 1.24 bits per heavy atom. The smallest absolute Gasteiger partial charge is 0.422 e. The SMILES string of the molecule is FC(F)(F)COc1ccc(NC2COC2)cc1. The van der Waals surface area contributed by atoms with E-state index in [4.69, 9.17) is 4.74 Å². The zero-order chi connectivity index (χ0) is 12.3. The van der Waals surface area contributed by atoms with Gasteiger partial charge in [0, 0.05) is 5.69 Å². The van der Waals surface area contributed by atoms with E-state index in [0.717, 1.165) is 5.69 Å². The minimum atomic E-state index is -4.31. The molecule has 0 aromatic heterocycles. The summed E-state index contributed by atoms with van der Waals surface area (Å²) in [6.45, 7) is 0.0505. The molecular weight excluding hydrogens is 235 g/mol. The first-order chi connectivity index (χ1) is 8.03. The van der Waals surface area contributed by atoms with Crippen molar-refractivity contribution in [1.29, 1.82) is 0 Å². The Morgan fingerprint density at radius 2 is 1.88 bits per heavy atom. The van der Waals surface area contributed by atoms with Crippen LogP contribution < -0.4 is 10.1 Å². The molecule has 2 rings (SSSR count). The molecule has 94 valence electrons. The van der Waals surface area contributed by atoms with Gasteiger partial charge in [0.15, 0.2) is 6.61 Å². The van der Waals surface area contributed by atoms with Crippen LogP contribution in [0.5, 0.6) is 5.75 Å². The fourth-order valence-electron chi connectivity index (χ4n) is 1.37. The Kier molecular flexibility index (Phi) is 3.42. The molecule has 1 aliphatic rings. The van der Waals surface area contributed by atoms with Crippen LogP contribution in [0.4, 0.5) is 18.9 Å². The topological polar surface area (TPSA) is 30.5 Å². The van der Waals surface area contributed by atoms with E-state index in [1.54, 1.807) is 12.1 Å². The maximum absolute atomic E-state index is 11.9. The summed E-state index contributed by atoms with van der Waals surface area (Å²) in [5.41, 5.74) is 0.845. The summed E-state index contributed by atoms with van der Waals surface area (Å²) in [5.74, 6) is 0.206. The van der Waals surface area contributed by atoms with Gasteiger partial charge >= 0.3 is 6.18 Å². The molecule has 1 fully saturated rings. The molecule has 1 heterocycles. The minimum Gasteiger partial charge on any atom is -0.484 e. The van der Waals surface area contributed by atoms with E-state index in [9.17, 15) is 13.2 Å². The number of anilines is 1. The second kappa shape index (κ2) is 4.83. The molecule has 1 aromatic carbocycles. The first kappa shape index (κ1) is 12.0. The molecule has 1 N–H and O–H groups in total. The van der Waals surface area contributed by atoms with Crippen LogP contribution in [-0.4, -0.2) is 32.0 Å². The molecule has 1 aromatic rings. The van der Waals surface area contributed by atoms with Crippen molar-refractivity contribution < 1.29 is 22.6 Å². The standard InChI is InChI=1S/C11H12F3NO2/c12-11(13,14)7-17-10-3-1-8(2-4-10)15-9-5-16-6-9/h1-4,9,15H,5-7H2. The highest BCUT2D eigenvalue weighted by molar-refractivity contribution is 5.47.